The van der Waals surface area contributed by atoms with Gasteiger partial charge < -0.3 is 10.5 Å². The number of carbonyl (C=O) groups excluding carboxylic acids is 1. The molecule has 0 fully saturated rings. The molecule has 1 heterocycles. The van der Waals surface area contributed by atoms with E-state index in [1.807, 2.05) is 6.92 Å². The van der Waals surface area contributed by atoms with Crippen molar-refractivity contribution >= 4 is 27.4 Å². The minimum atomic E-state index is -0.107. The molecule has 106 valence electrons. The van der Waals surface area contributed by atoms with E-state index in [9.17, 15) is 4.79 Å². The molecule has 1 aromatic heterocycles. The Labute approximate surface area is 125 Å². The first-order valence-corrected chi connectivity index (χ1v) is 6.91. The zero-order valence-electron chi connectivity index (χ0n) is 11.3. The predicted molar refractivity (Wildman–Crippen MR) is 78.6 cm³/mol. The number of aromatic nitrogens is 3. The lowest BCUT2D eigenvalue weighted by Gasteiger charge is -2.13. The molecule has 0 saturated heterocycles. The van der Waals surface area contributed by atoms with Crippen LogP contribution in [0.5, 0.6) is 5.75 Å². The number of rotatable bonds is 5. The first kappa shape index (κ1) is 14.5. The summed E-state index contributed by atoms with van der Waals surface area (Å²) in [6.07, 6.45) is 1.47. The molecule has 0 amide bonds. The fourth-order valence-corrected chi connectivity index (χ4v) is 2.31. The molecular formula is C13H15BrN4O2. The van der Waals surface area contributed by atoms with Gasteiger partial charge >= 0.3 is 0 Å². The Hall–Kier alpha value is -1.89. The van der Waals surface area contributed by atoms with Crippen LogP contribution in [0.15, 0.2) is 22.9 Å². The molecular weight excluding hydrogens is 324 g/mol. The zero-order valence-corrected chi connectivity index (χ0v) is 12.8. The lowest BCUT2D eigenvalue weighted by atomic mass is 10.1. The van der Waals surface area contributed by atoms with Crippen molar-refractivity contribution in [3.8, 4) is 5.75 Å². The maximum Gasteiger partial charge on any atom is 0.164 e. The molecule has 0 spiro atoms. The highest BCUT2D eigenvalue weighted by atomic mass is 79.9. The molecule has 0 radical (unpaired) electrons. The number of anilines is 1. The minimum absolute atomic E-state index is 0.107. The fourth-order valence-electron chi connectivity index (χ4n) is 1.84. The molecule has 20 heavy (non-hydrogen) atoms. The van der Waals surface area contributed by atoms with Crippen molar-refractivity contribution in [3.63, 3.8) is 0 Å². The number of Topliss-reactive ketones (excluding diaryl/α,β-unsaturated/α-hetero) is 1. The molecule has 0 bridgehead atoms. The minimum Gasteiger partial charge on any atom is -0.483 e. The number of halogens is 1. The molecule has 2 rings (SSSR count). The number of ketones is 1. The summed E-state index contributed by atoms with van der Waals surface area (Å²) in [6, 6.07) is 3.39. The number of nitrogen functional groups attached to an aromatic ring is 1. The summed E-state index contributed by atoms with van der Waals surface area (Å²) in [5.41, 5.74) is 6.77. The molecule has 0 saturated carbocycles. The second-order valence-electron chi connectivity index (χ2n) is 4.21. The fraction of sp³-hybridized carbons (Fsp3) is 0.308. The number of ether oxygens (including phenoxy) is 1. The Morgan fingerprint density at radius 3 is 2.90 bits per heavy atom. The van der Waals surface area contributed by atoms with Crippen LogP contribution in [0.25, 0.3) is 0 Å². The van der Waals surface area contributed by atoms with Crippen molar-refractivity contribution < 1.29 is 9.53 Å². The van der Waals surface area contributed by atoms with Crippen LogP contribution in [0.2, 0.25) is 0 Å². The van der Waals surface area contributed by atoms with Crippen molar-refractivity contribution in [2.75, 3.05) is 5.73 Å². The summed E-state index contributed by atoms with van der Waals surface area (Å²) in [5, 5.41) is 4.06. The van der Waals surface area contributed by atoms with Crippen LogP contribution in [-0.2, 0) is 13.2 Å². The maximum absolute atomic E-state index is 11.7. The van der Waals surface area contributed by atoms with Crippen LogP contribution in [0, 0.1) is 0 Å². The van der Waals surface area contributed by atoms with Crippen molar-refractivity contribution in [1.82, 2.24) is 14.8 Å². The van der Waals surface area contributed by atoms with Gasteiger partial charge in [-0.3, -0.25) is 4.79 Å². The third-order valence-electron chi connectivity index (χ3n) is 2.80. The van der Waals surface area contributed by atoms with Crippen molar-refractivity contribution in [1.29, 1.82) is 0 Å². The molecule has 0 aliphatic heterocycles. The number of hydrogen-bond donors (Lipinski definition) is 1. The van der Waals surface area contributed by atoms with Gasteiger partial charge in [0.15, 0.2) is 17.4 Å². The first-order valence-electron chi connectivity index (χ1n) is 6.12. The standard InChI is InChI=1S/C13H15BrN4O2/c1-3-18-12(16-7-17-18)6-20-13-10(8(2)19)4-9(14)5-11(13)15/h4-5,7H,3,6,15H2,1-2H3. The Balaban J connectivity index is 2.27. The third-order valence-corrected chi connectivity index (χ3v) is 3.26. The normalized spacial score (nSPS) is 10.6. The second-order valence-corrected chi connectivity index (χ2v) is 5.12. The Morgan fingerprint density at radius 2 is 2.25 bits per heavy atom. The van der Waals surface area contributed by atoms with Crippen LogP contribution >= 0.6 is 15.9 Å². The molecule has 2 aromatic rings. The van der Waals surface area contributed by atoms with Gasteiger partial charge in [0.25, 0.3) is 0 Å². The van der Waals surface area contributed by atoms with Gasteiger partial charge in [0, 0.05) is 11.0 Å². The van der Waals surface area contributed by atoms with Gasteiger partial charge in [-0.25, -0.2) is 9.67 Å². The van der Waals surface area contributed by atoms with E-state index in [4.69, 9.17) is 10.5 Å². The van der Waals surface area contributed by atoms with E-state index >= 15 is 0 Å². The number of nitrogens with zero attached hydrogens (tertiary/aromatic N) is 3. The molecule has 0 atom stereocenters. The van der Waals surface area contributed by atoms with E-state index in [2.05, 4.69) is 26.0 Å². The van der Waals surface area contributed by atoms with Crippen LogP contribution < -0.4 is 10.5 Å². The van der Waals surface area contributed by atoms with Gasteiger partial charge in [-0.2, -0.15) is 5.10 Å². The lowest BCUT2D eigenvalue weighted by Crippen LogP contribution is -2.10. The van der Waals surface area contributed by atoms with Gasteiger partial charge in [0.05, 0.1) is 11.3 Å². The van der Waals surface area contributed by atoms with Gasteiger partial charge in [-0.1, -0.05) is 15.9 Å². The Kier molecular flexibility index (Phi) is 4.39. The molecule has 7 heteroatoms. The van der Waals surface area contributed by atoms with Gasteiger partial charge in [-0.05, 0) is 26.0 Å². The maximum atomic E-state index is 11.7. The van der Waals surface area contributed by atoms with Gasteiger partial charge in [0.1, 0.15) is 12.9 Å². The Bertz CT molecular complexity index is 639. The highest BCUT2D eigenvalue weighted by molar-refractivity contribution is 9.10. The highest BCUT2D eigenvalue weighted by Crippen LogP contribution is 2.31. The van der Waals surface area contributed by atoms with Crippen molar-refractivity contribution in [2.24, 2.45) is 0 Å². The van der Waals surface area contributed by atoms with Crippen LogP contribution in [-0.4, -0.2) is 20.5 Å². The molecule has 1 aromatic carbocycles. The van der Waals surface area contributed by atoms with E-state index in [0.29, 0.717) is 29.4 Å². The summed E-state index contributed by atoms with van der Waals surface area (Å²) in [5.74, 6) is 0.959. The van der Waals surface area contributed by atoms with Gasteiger partial charge in [0.2, 0.25) is 0 Å². The third kappa shape index (κ3) is 2.98. The smallest absolute Gasteiger partial charge is 0.164 e. The average molecular weight is 339 g/mol. The average Bonchev–Trinajstić information content (AvgIpc) is 2.84. The van der Waals surface area contributed by atoms with Gasteiger partial charge in [-0.15, -0.1) is 0 Å². The van der Waals surface area contributed by atoms with E-state index in [1.54, 1.807) is 16.8 Å². The number of nitrogens with two attached hydrogens (primary N) is 1. The van der Waals surface area contributed by atoms with Crippen LogP contribution in [0.4, 0.5) is 5.69 Å². The summed E-state index contributed by atoms with van der Waals surface area (Å²) in [4.78, 5) is 15.8. The highest BCUT2D eigenvalue weighted by Gasteiger charge is 2.15. The largest absolute Gasteiger partial charge is 0.483 e. The van der Waals surface area contributed by atoms with Crippen molar-refractivity contribution in [3.05, 3.63) is 34.3 Å². The summed E-state index contributed by atoms with van der Waals surface area (Å²) in [7, 11) is 0. The van der Waals surface area contributed by atoms with E-state index in [-0.39, 0.29) is 12.4 Å². The first-order chi connectivity index (χ1) is 9.52. The lowest BCUT2D eigenvalue weighted by molar-refractivity contribution is 0.101. The number of hydrogen-bond acceptors (Lipinski definition) is 5. The molecule has 2 N–H and O–H groups in total. The zero-order chi connectivity index (χ0) is 14.7. The topological polar surface area (TPSA) is 83.0 Å². The second kappa shape index (κ2) is 6.04. The summed E-state index contributed by atoms with van der Waals surface area (Å²) in [6.45, 7) is 4.35. The molecule has 0 aliphatic rings. The van der Waals surface area contributed by atoms with Crippen LogP contribution in [0.1, 0.15) is 30.0 Å². The molecule has 6 nitrogen and oxygen atoms in total. The quantitative estimate of drug-likeness (QED) is 0.668. The summed E-state index contributed by atoms with van der Waals surface area (Å²) < 4.78 is 8.15. The van der Waals surface area contributed by atoms with E-state index < -0.39 is 0 Å². The van der Waals surface area contributed by atoms with Crippen molar-refractivity contribution in [2.45, 2.75) is 27.0 Å². The number of benzene rings is 1. The Morgan fingerprint density at radius 1 is 1.50 bits per heavy atom. The van der Waals surface area contributed by atoms with E-state index in [0.717, 1.165) is 4.47 Å². The van der Waals surface area contributed by atoms with E-state index in [1.165, 1.54) is 13.3 Å². The summed E-state index contributed by atoms with van der Waals surface area (Å²) >= 11 is 3.31. The SMILES string of the molecule is CCn1ncnc1COc1c(N)cc(Br)cc1C(C)=O. The predicted octanol–water partition coefficient (Wildman–Crippen LogP) is 2.42. The monoisotopic (exact) mass is 338 g/mol. The van der Waals surface area contributed by atoms with Crippen LogP contribution in [0.3, 0.4) is 0 Å². The molecule has 0 unspecified atom stereocenters. The number of aryl methyl sites for hydroxylation is 1. The molecule has 0 aliphatic carbocycles. The number of carbonyl (C=O) groups is 1.